The molecule has 0 aliphatic rings. The summed E-state index contributed by atoms with van der Waals surface area (Å²) in [5.74, 6) is 0.554. The zero-order valence-electron chi connectivity index (χ0n) is 12.6. The number of rotatable bonds is 5. The van der Waals surface area contributed by atoms with E-state index in [9.17, 15) is 4.39 Å². The minimum absolute atomic E-state index is 0.183. The Morgan fingerprint density at radius 3 is 2.62 bits per heavy atom. The molecule has 0 spiro atoms. The van der Waals surface area contributed by atoms with Gasteiger partial charge in [-0.15, -0.1) is 0 Å². The fourth-order valence-electron chi connectivity index (χ4n) is 2.38. The molecule has 0 aliphatic heterocycles. The number of nitrogens with two attached hydrogens (primary N) is 1. The third-order valence-electron chi connectivity index (χ3n) is 3.68. The van der Waals surface area contributed by atoms with E-state index in [4.69, 9.17) is 10.5 Å². The highest BCUT2D eigenvalue weighted by molar-refractivity contribution is 5.56. The third kappa shape index (κ3) is 3.66. The van der Waals surface area contributed by atoms with Crippen molar-refractivity contribution in [2.24, 2.45) is 0 Å². The summed E-state index contributed by atoms with van der Waals surface area (Å²) in [6.45, 7) is 2.09. The number of ether oxygens (including phenoxy) is 1. The number of benzene rings is 2. The summed E-state index contributed by atoms with van der Waals surface area (Å²) in [7, 11) is 3.61. The number of nitrogen functional groups attached to an aromatic ring is 1. The van der Waals surface area contributed by atoms with Crippen molar-refractivity contribution in [3.05, 3.63) is 53.8 Å². The lowest BCUT2D eigenvalue weighted by Crippen LogP contribution is -2.31. The van der Waals surface area contributed by atoms with Crippen molar-refractivity contribution in [3.8, 4) is 5.75 Å². The van der Waals surface area contributed by atoms with Gasteiger partial charge >= 0.3 is 0 Å². The smallest absolute Gasteiger partial charge is 0.127 e. The minimum atomic E-state index is -0.318. The molecule has 2 rings (SSSR count). The van der Waals surface area contributed by atoms with Crippen LogP contribution in [0.2, 0.25) is 0 Å². The van der Waals surface area contributed by atoms with Crippen LogP contribution in [0.1, 0.15) is 12.5 Å². The van der Waals surface area contributed by atoms with Crippen molar-refractivity contribution >= 4 is 11.4 Å². The minimum Gasteiger partial charge on any atom is -0.496 e. The van der Waals surface area contributed by atoms with Crippen LogP contribution < -0.4 is 15.4 Å². The summed E-state index contributed by atoms with van der Waals surface area (Å²) >= 11 is 0. The zero-order chi connectivity index (χ0) is 15.4. The number of methoxy groups -OCH3 is 1. The maximum absolute atomic E-state index is 13.5. The fourth-order valence-corrected chi connectivity index (χ4v) is 2.38. The summed E-state index contributed by atoms with van der Waals surface area (Å²) in [4.78, 5) is 2.02. The van der Waals surface area contributed by atoms with Crippen LogP contribution in [-0.2, 0) is 6.42 Å². The number of hydrogen-bond donors (Lipinski definition) is 1. The van der Waals surface area contributed by atoms with E-state index in [1.807, 2.05) is 36.2 Å². The molecule has 0 radical (unpaired) electrons. The normalized spacial score (nSPS) is 12.0. The molecule has 2 aromatic rings. The van der Waals surface area contributed by atoms with E-state index >= 15 is 0 Å². The van der Waals surface area contributed by atoms with Gasteiger partial charge < -0.3 is 15.4 Å². The van der Waals surface area contributed by atoms with Crippen LogP contribution in [0.25, 0.3) is 0 Å². The number of halogens is 1. The first-order valence-electron chi connectivity index (χ1n) is 6.92. The van der Waals surface area contributed by atoms with Crippen molar-refractivity contribution in [2.45, 2.75) is 19.4 Å². The predicted octanol–water partition coefficient (Wildman–Crippen LogP) is 3.48. The largest absolute Gasteiger partial charge is 0.496 e. The van der Waals surface area contributed by atoms with Gasteiger partial charge in [0.1, 0.15) is 11.6 Å². The lowest BCUT2D eigenvalue weighted by atomic mass is 10.0. The Hall–Kier alpha value is -2.23. The van der Waals surface area contributed by atoms with E-state index in [1.165, 1.54) is 12.1 Å². The molecule has 2 aromatic carbocycles. The Morgan fingerprint density at radius 1 is 1.24 bits per heavy atom. The van der Waals surface area contributed by atoms with Crippen LogP contribution in [-0.4, -0.2) is 20.2 Å². The predicted molar refractivity (Wildman–Crippen MR) is 85.4 cm³/mol. The summed E-state index contributed by atoms with van der Waals surface area (Å²) in [5.41, 5.74) is 8.04. The molecular weight excluding hydrogens is 267 g/mol. The molecule has 0 heterocycles. The molecule has 0 aromatic heterocycles. The second kappa shape index (κ2) is 6.48. The highest BCUT2D eigenvalue weighted by atomic mass is 19.1. The highest BCUT2D eigenvalue weighted by Gasteiger charge is 2.14. The molecule has 0 amide bonds. The molecule has 2 N–H and O–H groups in total. The van der Waals surface area contributed by atoms with Gasteiger partial charge in [0, 0.05) is 24.5 Å². The summed E-state index contributed by atoms with van der Waals surface area (Å²) < 4.78 is 18.8. The molecule has 0 bridgehead atoms. The van der Waals surface area contributed by atoms with Crippen LogP contribution in [0.3, 0.4) is 0 Å². The maximum atomic E-state index is 13.5. The molecule has 1 unspecified atom stereocenters. The second-order valence-electron chi connectivity index (χ2n) is 5.22. The third-order valence-corrected chi connectivity index (χ3v) is 3.68. The molecule has 3 nitrogen and oxygen atoms in total. The van der Waals surface area contributed by atoms with Gasteiger partial charge in [0.2, 0.25) is 0 Å². The fraction of sp³-hybridized carbons (Fsp3) is 0.294. The lowest BCUT2D eigenvalue weighted by Gasteiger charge is -2.28. The molecule has 4 heteroatoms. The molecule has 112 valence electrons. The van der Waals surface area contributed by atoms with Gasteiger partial charge in [0.15, 0.2) is 0 Å². The molecule has 0 saturated heterocycles. The van der Waals surface area contributed by atoms with Crippen molar-refractivity contribution < 1.29 is 9.13 Å². The van der Waals surface area contributed by atoms with Crippen LogP contribution in [0.5, 0.6) is 5.75 Å². The number of likely N-dealkylation sites (N-methyl/N-ethyl adjacent to an activating group) is 1. The van der Waals surface area contributed by atoms with Gasteiger partial charge in [-0.1, -0.05) is 18.2 Å². The topological polar surface area (TPSA) is 38.5 Å². The Labute approximate surface area is 125 Å². The summed E-state index contributed by atoms with van der Waals surface area (Å²) in [6.07, 6.45) is 0.803. The molecule has 0 fully saturated rings. The number of anilines is 2. The Kier molecular flexibility index (Phi) is 4.68. The Balaban J connectivity index is 2.17. The average Bonchev–Trinajstić information content (AvgIpc) is 2.46. The van der Waals surface area contributed by atoms with E-state index in [0.717, 1.165) is 23.4 Å². The van der Waals surface area contributed by atoms with Crippen molar-refractivity contribution in [1.29, 1.82) is 0 Å². The van der Waals surface area contributed by atoms with Gasteiger partial charge in [-0.3, -0.25) is 0 Å². The van der Waals surface area contributed by atoms with Gasteiger partial charge in [0.25, 0.3) is 0 Å². The Bertz CT molecular complexity index is 595. The highest BCUT2D eigenvalue weighted by Crippen LogP contribution is 2.24. The van der Waals surface area contributed by atoms with Crippen molar-refractivity contribution in [1.82, 2.24) is 0 Å². The van der Waals surface area contributed by atoms with E-state index < -0.39 is 0 Å². The number of para-hydroxylation sites is 1. The SMILES string of the molecule is COc1ccccc1CC(C)N(C)c1cc(N)cc(F)c1. The van der Waals surface area contributed by atoms with Crippen molar-refractivity contribution in [3.63, 3.8) is 0 Å². The first-order valence-corrected chi connectivity index (χ1v) is 6.92. The Morgan fingerprint density at radius 2 is 1.95 bits per heavy atom. The molecule has 1 atom stereocenters. The van der Waals surface area contributed by atoms with E-state index in [0.29, 0.717) is 5.69 Å². The molecular formula is C17H21FN2O. The van der Waals surface area contributed by atoms with Gasteiger partial charge in [-0.05, 0) is 43.2 Å². The summed E-state index contributed by atoms with van der Waals surface area (Å²) in [6, 6.07) is 12.7. The van der Waals surface area contributed by atoms with E-state index in [1.54, 1.807) is 13.2 Å². The molecule has 21 heavy (non-hydrogen) atoms. The van der Waals surface area contributed by atoms with E-state index in [2.05, 4.69) is 6.92 Å². The molecule has 0 aliphatic carbocycles. The van der Waals surface area contributed by atoms with Crippen molar-refractivity contribution in [2.75, 3.05) is 24.8 Å². The van der Waals surface area contributed by atoms with Crippen LogP contribution >= 0.6 is 0 Å². The van der Waals surface area contributed by atoms with E-state index in [-0.39, 0.29) is 11.9 Å². The second-order valence-corrected chi connectivity index (χ2v) is 5.22. The quantitative estimate of drug-likeness (QED) is 0.856. The van der Waals surface area contributed by atoms with Crippen LogP contribution in [0.15, 0.2) is 42.5 Å². The van der Waals surface area contributed by atoms with Gasteiger partial charge in [-0.25, -0.2) is 4.39 Å². The number of hydrogen-bond acceptors (Lipinski definition) is 3. The monoisotopic (exact) mass is 288 g/mol. The lowest BCUT2D eigenvalue weighted by molar-refractivity contribution is 0.408. The number of nitrogens with zero attached hydrogens (tertiary/aromatic N) is 1. The zero-order valence-corrected chi connectivity index (χ0v) is 12.6. The summed E-state index contributed by atoms with van der Waals surface area (Å²) in [5, 5.41) is 0. The first kappa shape index (κ1) is 15.2. The first-order chi connectivity index (χ1) is 10.0. The maximum Gasteiger partial charge on any atom is 0.127 e. The molecule has 0 saturated carbocycles. The average molecular weight is 288 g/mol. The van der Waals surface area contributed by atoms with Crippen LogP contribution in [0.4, 0.5) is 15.8 Å². The van der Waals surface area contributed by atoms with Gasteiger partial charge in [0.05, 0.1) is 7.11 Å². The van der Waals surface area contributed by atoms with Crippen LogP contribution in [0, 0.1) is 5.82 Å². The standard InChI is InChI=1S/C17H21FN2O/c1-12(8-13-6-4-5-7-17(13)21-3)20(2)16-10-14(18)9-15(19)11-16/h4-7,9-12H,8,19H2,1-3H3. The van der Waals surface area contributed by atoms with Gasteiger partial charge in [-0.2, -0.15) is 0 Å².